The van der Waals surface area contributed by atoms with Crippen molar-refractivity contribution in [3.8, 4) is 11.4 Å². The molecule has 0 bridgehead atoms. The molecule has 3 heterocycles. The van der Waals surface area contributed by atoms with E-state index in [0.717, 1.165) is 11.4 Å². The minimum Gasteiger partial charge on any atom is -0.305 e. The second-order valence-corrected chi connectivity index (χ2v) is 7.07. The molecule has 0 spiro atoms. The normalized spacial score (nSPS) is 10.8. The number of carbonyl (C=O) groups excluding carboxylic acids is 1. The third-order valence-electron chi connectivity index (χ3n) is 2.95. The molecule has 22 heavy (non-hydrogen) atoms. The average molecular weight is 351 g/mol. The van der Waals surface area contributed by atoms with Gasteiger partial charge in [-0.1, -0.05) is 23.4 Å². The molecule has 0 amide bonds. The topological polar surface area (TPSA) is 60.7 Å². The molecule has 0 aliphatic rings. The second-order valence-electron chi connectivity index (χ2n) is 4.42. The molecule has 3 rings (SSSR count). The Hall–Kier alpha value is -1.70. The predicted octanol–water partition coefficient (Wildman–Crippen LogP) is 3.57. The monoisotopic (exact) mass is 350 g/mol. The number of thiophene rings is 1. The van der Waals surface area contributed by atoms with Gasteiger partial charge in [0.1, 0.15) is 0 Å². The zero-order valence-corrected chi connectivity index (χ0v) is 14.0. The van der Waals surface area contributed by atoms with Gasteiger partial charge in [0.05, 0.1) is 15.0 Å². The molecule has 0 saturated carbocycles. The van der Waals surface area contributed by atoms with Crippen LogP contribution in [0.15, 0.2) is 41.8 Å². The van der Waals surface area contributed by atoms with Crippen LogP contribution in [0.25, 0.3) is 11.4 Å². The number of rotatable bonds is 5. The fraction of sp³-hybridized carbons (Fsp3) is 0.143. The van der Waals surface area contributed by atoms with Crippen molar-refractivity contribution in [1.82, 2.24) is 19.7 Å². The lowest BCUT2D eigenvalue weighted by Gasteiger charge is -2.03. The van der Waals surface area contributed by atoms with E-state index in [1.807, 2.05) is 23.7 Å². The minimum absolute atomic E-state index is 0.0374. The fourth-order valence-corrected chi connectivity index (χ4v) is 3.72. The number of carbonyl (C=O) groups is 1. The maximum absolute atomic E-state index is 12.1. The highest BCUT2D eigenvalue weighted by Gasteiger charge is 2.14. The van der Waals surface area contributed by atoms with Gasteiger partial charge in [0, 0.05) is 25.0 Å². The Balaban J connectivity index is 1.72. The third-order valence-corrected chi connectivity index (χ3v) is 5.25. The first-order valence-corrected chi connectivity index (χ1v) is 8.54. The van der Waals surface area contributed by atoms with Crippen LogP contribution < -0.4 is 0 Å². The van der Waals surface area contributed by atoms with Gasteiger partial charge >= 0.3 is 0 Å². The lowest BCUT2D eigenvalue weighted by atomic mass is 10.2. The number of halogens is 1. The Morgan fingerprint density at radius 2 is 2.05 bits per heavy atom. The number of aromatic nitrogens is 4. The highest BCUT2D eigenvalue weighted by molar-refractivity contribution is 7.99. The van der Waals surface area contributed by atoms with Gasteiger partial charge in [0.15, 0.2) is 16.8 Å². The average Bonchev–Trinajstić information content (AvgIpc) is 3.12. The van der Waals surface area contributed by atoms with Crippen LogP contribution in [-0.4, -0.2) is 31.3 Å². The number of ketones is 1. The number of thioether (sulfide) groups is 1. The molecule has 0 saturated heterocycles. The van der Waals surface area contributed by atoms with E-state index in [4.69, 9.17) is 11.6 Å². The van der Waals surface area contributed by atoms with Gasteiger partial charge in [0.2, 0.25) is 0 Å². The summed E-state index contributed by atoms with van der Waals surface area (Å²) in [6, 6.07) is 7.22. The smallest absolute Gasteiger partial charge is 0.191 e. The van der Waals surface area contributed by atoms with Gasteiger partial charge in [-0.05, 0) is 24.3 Å². The van der Waals surface area contributed by atoms with Crippen molar-refractivity contribution in [1.29, 1.82) is 0 Å². The van der Waals surface area contributed by atoms with Crippen molar-refractivity contribution in [3.05, 3.63) is 45.9 Å². The van der Waals surface area contributed by atoms with Gasteiger partial charge in [0.25, 0.3) is 0 Å². The summed E-state index contributed by atoms with van der Waals surface area (Å²) < 4.78 is 2.49. The summed E-state index contributed by atoms with van der Waals surface area (Å²) in [6.07, 6.45) is 3.42. The Bertz CT molecular complexity index is 800. The van der Waals surface area contributed by atoms with Crippen molar-refractivity contribution in [2.45, 2.75) is 5.16 Å². The van der Waals surface area contributed by atoms with E-state index in [1.165, 1.54) is 23.1 Å². The van der Waals surface area contributed by atoms with Crippen LogP contribution in [0, 0.1) is 0 Å². The molecule has 0 N–H and O–H groups in total. The van der Waals surface area contributed by atoms with Gasteiger partial charge in [-0.15, -0.1) is 21.5 Å². The Morgan fingerprint density at radius 1 is 1.27 bits per heavy atom. The molecule has 112 valence electrons. The summed E-state index contributed by atoms with van der Waals surface area (Å²) in [4.78, 5) is 16.7. The fourth-order valence-electron chi connectivity index (χ4n) is 1.86. The van der Waals surface area contributed by atoms with Crippen LogP contribution in [0.3, 0.4) is 0 Å². The molecular formula is C14H11ClN4OS2. The van der Waals surface area contributed by atoms with Gasteiger partial charge in [-0.3, -0.25) is 9.78 Å². The first-order valence-electron chi connectivity index (χ1n) is 6.36. The zero-order valence-electron chi connectivity index (χ0n) is 11.6. The summed E-state index contributed by atoms with van der Waals surface area (Å²) in [5.41, 5.74) is 0.938. The summed E-state index contributed by atoms with van der Waals surface area (Å²) >= 11 is 8.50. The molecule has 0 fully saturated rings. The van der Waals surface area contributed by atoms with E-state index in [0.29, 0.717) is 20.1 Å². The van der Waals surface area contributed by atoms with E-state index < -0.39 is 0 Å². The summed E-state index contributed by atoms with van der Waals surface area (Å²) in [7, 11) is 1.88. The maximum atomic E-state index is 12.1. The van der Waals surface area contributed by atoms with Crippen LogP contribution in [0.4, 0.5) is 0 Å². The van der Waals surface area contributed by atoms with Crippen LogP contribution in [0.5, 0.6) is 0 Å². The second kappa shape index (κ2) is 6.60. The largest absolute Gasteiger partial charge is 0.305 e. The number of Topliss-reactive ketones (excluding diaryl/α,β-unsaturated/α-hetero) is 1. The lowest BCUT2D eigenvalue weighted by molar-refractivity contribution is 0.102. The van der Waals surface area contributed by atoms with E-state index in [-0.39, 0.29) is 5.78 Å². The van der Waals surface area contributed by atoms with Crippen molar-refractivity contribution in [2.24, 2.45) is 7.05 Å². The Kier molecular flexibility index (Phi) is 4.56. The van der Waals surface area contributed by atoms with Crippen LogP contribution in [-0.2, 0) is 7.05 Å². The molecule has 3 aromatic rings. The molecule has 0 radical (unpaired) electrons. The number of hydrogen-bond donors (Lipinski definition) is 0. The maximum Gasteiger partial charge on any atom is 0.191 e. The number of pyridine rings is 1. The molecule has 3 aromatic heterocycles. The van der Waals surface area contributed by atoms with Gasteiger partial charge in [-0.25, -0.2) is 0 Å². The Morgan fingerprint density at radius 3 is 2.73 bits per heavy atom. The standard InChI is InChI=1S/C14H11ClN4OS2/c1-19-13(9-4-6-16-7-5-9)17-18-14(19)21-8-10(20)11-2-3-12(15)22-11/h2-7H,8H2,1H3. The van der Waals surface area contributed by atoms with E-state index in [9.17, 15) is 4.79 Å². The zero-order chi connectivity index (χ0) is 15.5. The molecule has 8 heteroatoms. The Labute approximate surface area is 140 Å². The molecule has 0 aliphatic carbocycles. The molecule has 0 aromatic carbocycles. The number of nitrogens with zero attached hydrogens (tertiary/aromatic N) is 4. The highest BCUT2D eigenvalue weighted by atomic mass is 35.5. The van der Waals surface area contributed by atoms with E-state index in [2.05, 4.69) is 15.2 Å². The minimum atomic E-state index is 0.0374. The van der Waals surface area contributed by atoms with Crippen molar-refractivity contribution >= 4 is 40.5 Å². The van der Waals surface area contributed by atoms with Crippen LogP contribution in [0.2, 0.25) is 4.34 Å². The summed E-state index contributed by atoms with van der Waals surface area (Å²) in [5, 5.41) is 9.02. The van der Waals surface area contributed by atoms with Crippen molar-refractivity contribution < 1.29 is 4.79 Å². The summed E-state index contributed by atoms with van der Waals surface area (Å²) in [6.45, 7) is 0. The van der Waals surface area contributed by atoms with Crippen molar-refractivity contribution in [2.75, 3.05) is 5.75 Å². The van der Waals surface area contributed by atoms with Crippen molar-refractivity contribution in [3.63, 3.8) is 0 Å². The highest BCUT2D eigenvalue weighted by Crippen LogP contribution is 2.26. The first-order chi connectivity index (χ1) is 10.6. The van der Waals surface area contributed by atoms with E-state index in [1.54, 1.807) is 24.5 Å². The number of hydrogen-bond acceptors (Lipinski definition) is 6. The quantitative estimate of drug-likeness (QED) is 0.520. The summed E-state index contributed by atoms with van der Waals surface area (Å²) in [5.74, 6) is 1.09. The van der Waals surface area contributed by atoms with Gasteiger partial charge < -0.3 is 4.57 Å². The molecule has 0 atom stereocenters. The predicted molar refractivity (Wildman–Crippen MR) is 88.6 cm³/mol. The lowest BCUT2D eigenvalue weighted by Crippen LogP contribution is -2.02. The molecule has 5 nitrogen and oxygen atoms in total. The van der Waals surface area contributed by atoms with E-state index >= 15 is 0 Å². The van der Waals surface area contributed by atoms with Crippen LogP contribution >= 0.6 is 34.7 Å². The third kappa shape index (κ3) is 3.21. The molecular weight excluding hydrogens is 340 g/mol. The first kappa shape index (κ1) is 15.2. The molecule has 0 aliphatic heterocycles. The molecule has 0 unspecified atom stereocenters. The van der Waals surface area contributed by atoms with Gasteiger partial charge in [-0.2, -0.15) is 0 Å². The SMILES string of the molecule is Cn1c(SCC(=O)c2ccc(Cl)s2)nnc1-c1ccncc1. The van der Waals surface area contributed by atoms with Crippen LogP contribution in [0.1, 0.15) is 9.67 Å².